The van der Waals surface area contributed by atoms with Gasteiger partial charge < -0.3 is 5.32 Å². The maximum absolute atomic E-state index is 12.7. The monoisotopic (exact) mass is 446 g/mol. The average Bonchev–Trinajstić information content (AvgIpc) is 2.92. The highest BCUT2D eigenvalue weighted by Gasteiger charge is 2.17. The first-order valence-corrected chi connectivity index (χ1v) is 11.1. The number of hydrogen-bond acceptors (Lipinski definition) is 4. The molecule has 9 heteroatoms. The lowest BCUT2D eigenvalue weighted by atomic mass is 10.1. The number of nitrogens with one attached hydrogen (secondary N) is 2. The van der Waals surface area contributed by atoms with Crippen molar-refractivity contribution >= 4 is 38.9 Å². The molecule has 2 N–H and O–H groups in total. The van der Waals surface area contributed by atoms with Gasteiger partial charge in [0, 0.05) is 5.69 Å². The highest BCUT2D eigenvalue weighted by molar-refractivity contribution is 7.92. The molecule has 0 bridgehead atoms. The molecule has 7 nitrogen and oxygen atoms in total. The summed E-state index contributed by atoms with van der Waals surface area (Å²) in [5.74, 6) is -0.290. The number of para-hydroxylation sites is 1. The van der Waals surface area contributed by atoms with Crippen molar-refractivity contribution in [3.63, 3.8) is 0 Å². The van der Waals surface area contributed by atoms with Crippen LogP contribution in [0.4, 0.5) is 11.4 Å². The third-order valence-electron chi connectivity index (χ3n) is 4.75. The molecule has 1 amide bonds. The molecule has 0 unspecified atom stereocenters. The molecule has 3 aromatic rings. The lowest BCUT2D eigenvalue weighted by Gasteiger charge is -2.13. The molecule has 2 aromatic carbocycles. The Hall–Kier alpha value is -2.84. The Kier molecular flexibility index (Phi) is 6.19. The SMILES string of the molecule is Cc1cccc(C)c1NS(=O)(=O)c1ccc(NC(=O)Cn2nc(C)c(Cl)c2C)cc1. The van der Waals surface area contributed by atoms with Crippen molar-refractivity contribution in [3.05, 3.63) is 70.0 Å². The molecule has 3 rings (SSSR count). The van der Waals surface area contributed by atoms with Gasteiger partial charge >= 0.3 is 0 Å². The summed E-state index contributed by atoms with van der Waals surface area (Å²) >= 11 is 6.10. The third-order valence-corrected chi connectivity index (χ3v) is 6.67. The summed E-state index contributed by atoms with van der Waals surface area (Å²) in [5, 5.41) is 7.50. The van der Waals surface area contributed by atoms with Crippen LogP contribution in [0.1, 0.15) is 22.5 Å². The molecule has 0 saturated carbocycles. The van der Waals surface area contributed by atoms with Gasteiger partial charge in [-0.2, -0.15) is 5.10 Å². The van der Waals surface area contributed by atoms with E-state index >= 15 is 0 Å². The average molecular weight is 447 g/mol. The van der Waals surface area contributed by atoms with E-state index in [1.807, 2.05) is 32.0 Å². The zero-order chi connectivity index (χ0) is 22.1. The molecule has 0 saturated heterocycles. The molecule has 0 spiro atoms. The smallest absolute Gasteiger partial charge is 0.261 e. The van der Waals surface area contributed by atoms with E-state index in [-0.39, 0.29) is 17.3 Å². The van der Waals surface area contributed by atoms with Crippen LogP contribution in [0.25, 0.3) is 0 Å². The number of sulfonamides is 1. The molecule has 0 radical (unpaired) electrons. The predicted octanol–water partition coefficient (Wildman–Crippen LogP) is 4.21. The molecular formula is C21H23ClN4O3S. The first-order valence-electron chi connectivity index (χ1n) is 9.27. The molecule has 1 aromatic heterocycles. The summed E-state index contributed by atoms with van der Waals surface area (Å²) < 4.78 is 29.6. The van der Waals surface area contributed by atoms with Gasteiger partial charge in [-0.3, -0.25) is 14.2 Å². The fourth-order valence-corrected chi connectivity index (χ4v) is 4.39. The fraction of sp³-hybridized carbons (Fsp3) is 0.238. The molecule has 0 atom stereocenters. The van der Waals surface area contributed by atoms with Gasteiger partial charge in [0.25, 0.3) is 10.0 Å². The van der Waals surface area contributed by atoms with Gasteiger partial charge in [-0.25, -0.2) is 8.42 Å². The number of halogens is 1. The van der Waals surface area contributed by atoms with Gasteiger partial charge in [-0.1, -0.05) is 29.8 Å². The second-order valence-corrected chi connectivity index (χ2v) is 9.15. The van der Waals surface area contributed by atoms with Crippen LogP contribution in [0.2, 0.25) is 5.02 Å². The van der Waals surface area contributed by atoms with Crippen LogP contribution in [0.3, 0.4) is 0 Å². The maximum atomic E-state index is 12.7. The number of aromatic nitrogens is 2. The number of nitrogens with zero attached hydrogens (tertiary/aromatic N) is 2. The first-order chi connectivity index (χ1) is 14.1. The number of anilines is 2. The Labute approximate surface area is 181 Å². The maximum Gasteiger partial charge on any atom is 0.261 e. The summed E-state index contributed by atoms with van der Waals surface area (Å²) in [6, 6.07) is 11.6. The van der Waals surface area contributed by atoms with Crippen LogP contribution in [0.15, 0.2) is 47.4 Å². The predicted molar refractivity (Wildman–Crippen MR) is 119 cm³/mol. The summed E-state index contributed by atoms with van der Waals surface area (Å²) in [5.41, 5.74) is 4.10. The molecule has 1 heterocycles. The number of carbonyl (C=O) groups excluding carboxylic acids is 1. The number of rotatable bonds is 6. The number of aryl methyl sites for hydroxylation is 3. The minimum Gasteiger partial charge on any atom is -0.324 e. The molecule has 0 aliphatic carbocycles. The Balaban J connectivity index is 1.71. The van der Waals surface area contributed by atoms with Gasteiger partial charge in [0.1, 0.15) is 6.54 Å². The topological polar surface area (TPSA) is 93.1 Å². The molecule has 158 valence electrons. The van der Waals surface area contributed by atoms with E-state index in [0.29, 0.717) is 27.8 Å². The summed E-state index contributed by atoms with van der Waals surface area (Å²) in [6.07, 6.45) is 0. The zero-order valence-electron chi connectivity index (χ0n) is 17.2. The lowest BCUT2D eigenvalue weighted by Crippen LogP contribution is -2.20. The van der Waals surface area contributed by atoms with Gasteiger partial charge in [0.2, 0.25) is 5.91 Å². The standard InChI is InChI=1S/C21H23ClN4O3S/c1-13-6-5-7-14(2)21(13)25-30(28,29)18-10-8-17(9-11-18)23-19(27)12-26-16(4)20(22)15(3)24-26/h5-11,25H,12H2,1-4H3,(H,23,27). The van der Waals surface area contributed by atoms with Gasteiger partial charge in [-0.05, 0) is 63.1 Å². The van der Waals surface area contributed by atoms with Crippen molar-refractivity contribution in [2.45, 2.75) is 39.1 Å². The molecule has 0 aliphatic heterocycles. The summed E-state index contributed by atoms with van der Waals surface area (Å²) in [6.45, 7) is 7.26. The van der Waals surface area contributed by atoms with Crippen LogP contribution >= 0.6 is 11.6 Å². The van der Waals surface area contributed by atoms with E-state index in [2.05, 4.69) is 15.1 Å². The number of hydrogen-bond donors (Lipinski definition) is 2. The Morgan fingerprint density at radius 2 is 1.63 bits per heavy atom. The van der Waals surface area contributed by atoms with Crippen LogP contribution < -0.4 is 10.0 Å². The van der Waals surface area contributed by atoms with Gasteiger partial charge in [0.15, 0.2) is 0 Å². The molecular weight excluding hydrogens is 424 g/mol. The van der Waals surface area contributed by atoms with Gasteiger partial charge in [-0.15, -0.1) is 0 Å². The normalized spacial score (nSPS) is 11.4. The van der Waals surface area contributed by atoms with Crippen molar-refractivity contribution in [3.8, 4) is 0 Å². The van der Waals surface area contributed by atoms with E-state index < -0.39 is 10.0 Å². The van der Waals surface area contributed by atoms with E-state index in [4.69, 9.17) is 11.6 Å². The van der Waals surface area contributed by atoms with Crippen molar-refractivity contribution in [2.24, 2.45) is 0 Å². The number of benzene rings is 2. The van der Waals surface area contributed by atoms with E-state index in [1.165, 1.54) is 16.8 Å². The molecule has 30 heavy (non-hydrogen) atoms. The van der Waals surface area contributed by atoms with Crippen LogP contribution in [0.5, 0.6) is 0 Å². The Bertz CT molecular complexity index is 1180. The van der Waals surface area contributed by atoms with Crippen molar-refractivity contribution in [1.82, 2.24) is 9.78 Å². The van der Waals surface area contributed by atoms with E-state index in [1.54, 1.807) is 26.0 Å². The Morgan fingerprint density at radius 1 is 1.03 bits per heavy atom. The van der Waals surface area contributed by atoms with Gasteiger partial charge in [0.05, 0.1) is 27.0 Å². The Morgan fingerprint density at radius 3 is 2.17 bits per heavy atom. The first kappa shape index (κ1) is 21.9. The largest absolute Gasteiger partial charge is 0.324 e. The van der Waals surface area contributed by atoms with E-state index in [0.717, 1.165) is 11.1 Å². The molecule has 0 aliphatic rings. The van der Waals surface area contributed by atoms with Crippen molar-refractivity contribution in [1.29, 1.82) is 0 Å². The number of amides is 1. The second kappa shape index (κ2) is 8.49. The summed E-state index contributed by atoms with van der Waals surface area (Å²) in [7, 11) is -3.75. The van der Waals surface area contributed by atoms with Crippen LogP contribution in [0, 0.1) is 27.7 Å². The summed E-state index contributed by atoms with van der Waals surface area (Å²) in [4.78, 5) is 12.4. The van der Waals surface area contributed by atoms with Crippen LogP contribution in [-0.4, -0.2) is 24.1 Å². The number of carbonyl (C=O) groups is 1. The van der Waals surface area contributed by atoms with Crippen molar-refractivity contribution < 1.29 is 13.2 Å². The quantitative estimate of drug-likeness (QED) is 0.593. The fourth-order valence-electron chi connectivity index (χ4n) is 3.05. The highest BCUT2D eigenvalue weighted by Crippen LogP contribution is 2.24. The minimum absolute atomic E-state index is 0.00750. The van der Waals surface area contributed by atoms with Crippen molar-refractivity contribution in [2.75, 3.05) is 10.0 Å². The van der Waals surface area contributed by atoms with Crippen LogP contribution in [-0.2, 0) is 21.4 Å². The lowest BCUT2D eigenvalue weighted by molar-refractivity contribution is -0.116. The molecule has 0 fully saturated rings. The highest BCUT2D eigenvalue weighted by atomic mass is 35.5. The third kappa shape index (κ3) is 4.66. The second-order valence-electron chi connectivity index (χ2n) is 7.09. The van der Waals surface area contributed by atoms with E-state index in [9.17, 15) is 13.2 Å². The minimum atomic E-state index is -3.75. The zero-order valence-corrected chi connectivity index (χ0v) is 18.7.